The molecule has 0 saturated carbocycles. The predicted molar refractivity (Wildman–Crippen MR) is 516 cm³/mol. The molecule has 0 fully saturated rings. The van der Waals surface area contributed by atoms with Gasteiger partial charge in [-0.2, -0.15) is 0 Å². The molecule has 708 valence electrons. The summed E-state index contributed by atoms with van der Waals surface area (Å²) in [6.45, 7) is 3.75. The van der Waals surface area contributed by atoms with Gasteiger partial charge in [0.2, 0.25) is 30.1 Å². The highest BCUT2D eigenvalue weighted by atomic mass is 32.2. The van der Waals surface area contributed by atoms with Crippen molar-refractivity contribution < 1.29 is 84.0 Å². The number of ether oxygens (including phenoxy) is 1. The zero-order chi connectivity index (χ0) is 99.4. The van der Waals surface area contributed by atoms with Crippen LogP contribution in [-0.2, 0) is 49.7 Å². The van der Waals surface area contributed by atoms with E-state index in [0.29, 0.717) is 82.9 Å². The van der Waals surface area contributed by atoms with Crippen LogP contribution in [0, 0.1) is 48.8 Å². The predicted octanol–water partition coefficient (Wildman–Crippen LogP) is 15.5. The summed E-state index contributed by atoms with van der Waals surface area (Å²) in [7, 11) is -1.64. The third-order valence-corrected chi connectivity index (χ3v) is 26.9. The highest BCUT2D eigenvalue weighted by Crippen LogP contribution is 2.48. The minimum absolute atomic E-state index is 0.0132. The maximum Gasteiger partial charge on any atom is 0.278 e. The molecule has 3 amide bonds. The zero-order valence-corrected chi connectivity index (χ0v) is 78.2. The Labute approximate surface area is 787 Å². The van der Waals surface area contributed by atoms with Gasteiger partial charge in [0.1, 0.15) is 91.2 Å². The van der Waals surface area contributed by atoms with Gasteiger partial charge >= 0.3 is 0 Å². The Morgan fingerprint density at radius 2 is 0.676 bits per heavy atom. The van der Waals surface area contributed by atoms with E-state index in [1.807, 2.05) is 19.1 Å². The molecule has 0 atom stereocenters. The molecule has 3 N–H and O–H groups in total. The maximum absolute atomic E-state index is 15.9. The SMILES string of the molecule is CNC(=O)c1c(-c2ccc(C)cc2)oc2cc(N(C)S(C)(=O)=O)c(-c3cc4c(=O)n(Cc5ccc(F)cc5)nnc4cc3F)cc12.CNC(=O)c1c(-c2ccc(F)cc2)oc2cc(N(C)S(C)(=O)=O)c(-c3cc(OC)c4nnn(Cc5ccc(F)cc5)c(=O)c4c3)cc12.CNC(=O)c1c(-c2ccc(F)cc2)oc2cc(N(C)S(C)(=O)=O)c(-c3cc4c(=O)n(Cc5ccc(F)cc5)nnc4cc3C)cc12. The van der Waals surface area contributed by atoms with Crippen LogP contribution in [0.5, 0.6) is 5.75 Å². The van der Waals surface area contributed by atoms with Gasteiger partial charge in [0.25, 0.3) is 34.4 Å². The third kappa shape index (κ3) is 19.2. The average molecular weight is 1950 g/mol. The van der Waals surface area contributed by atoms with Crippen LogP contribution in [0.15, 0.2) is 246 Å². The molecule has 0 bridgehead atoms. The Hall–Kier alpha value is -16.5. The molecule has 0 unspecified atom stereocenters. The van der Waals surface area contributed by atoms with E-state index in [1.165, 1.54) is 195 Å². The van der Waals surface area contributed by atoms with Crippen molar-refractivity contribution in [3.63, 3.8) is 0 Å². The molecule has 139 heavy (non-hydrogen) atoms. The van der Waals surface area contributed by atoms with Crippen LogP contribution in [0.2, 0.25) is 0 Å². The number of carbonyl (C=O) groups excluding carboxylic acids is 3. The van der Waals surface area contributed by atoms with Crippen LogP contribution in [-0.4, -0.2) is 156 Å². The monoisotopic (exact) mass is 1950 g/mol. The van der Waals surface area contributed by atoms with E-state index in [0.717, 1.165) is 57.4 Å². The second kappa shape index (κ2) is 38.0. The normalized spacial score (nSPS) is 11.7. The van der Waals surface area contributed by atoms with Crippen molar-refractivity contribution in [2.75, 3.05) is 81.1 Å². The smallest absolute Gasteiger partial charge is 0.278 e. The van der Waals surface area contributed by atoms with E-state index < -0.39 is 99.4 Å². The van der Waals surface area contributed by atoms with Crippen molar-refractivity contribution in [3.05, 3.63) is 329 Å². The number of anilines is 3. The minimum atomic E-state index is -3.87. The second-order valence-electron chi connectivity index (χ2n) is 32.5. The first kappa shape index (κ1) is 95.7. The lowest BCUT2D eigenvalue weighted by Gasteiger charge is -2.21. The summed E-state index contributed by atoms with van der Waals surface area (Å²) in [5.74, 6) is -3.67. The number of halogens is 6. The molecule has 0 spiro atoms. The number of nitrogens with zero attached hydrogens (tertiary/aromatic N) is 12. The van der Waals surface area contributed by atoms with E-state index in [1.54, 1.807) is 61.5 Å². The van der Waals surface area contributed by atoms with Crippen LogP contribution < -0.4 is 50.3 Å². The summed E-state index contributed by atoms with van der Waals surface area (Å²) in [6, 6.07) is 52.9. The molecule has 0 saturated heterocycles. The molecular weight excluding hydrogens is 1870 g/mol. The summed E-state index contributed by atoms with van der Waals surface area (Å²) < 4.78 is 191. The van der Waals surface area contributed by atoms with Crippen LogP contribution in [0.4, 0.5) is 43.4 Å². The number of methoxy groups -OCH3 is 1. The number of hydrogen-bond donors (Lipinski definition) is 3. The molecule has 18 aromatic rings. The first-order valence-electron chi connectivity index (χ1n) is 42.1. The van der Waals surface area contributed by atoms with Crippen LogP contribution in [0.25, 0.3) is 133 Å². The molecule has 12 aromatic carbocycles. The Kier molecular flexibility index (Phi) is 26.1. The third-order valence-electron chi connectivity index (χ3n) is 23.3. The number of furan rings is 3. The largest absolute Gasteiger partial charge is 0.494 e. The summed E-state index contributed by atoms with van der Waals surface area (Å²) >= 11 is 0. The van der Waals surface area contributed by atoms with Gasteiger partial charge in [0.05, 0.1) is 95.4 Å². The van der Waals surface area contributed by atoms with Crippen molar-refractivity contribution in [3.8, 4) is 73.1 Å². The fourth-order valence-corrected chi connectivity index (χ4v) is 17.4. The van der Waals surface area contributed by atoms with E-state index >= 15 is 4.39 Å². The van der Waals surface area contributed by atoms with E-state index in [9.17, 15) is 76.0 Å². The van der Waals surface area contributed by atoms with Crippen LogP contribution in [0.3, 0.4) is 0 Å². The van der Waals surface area contributed by atoms with E-state index in [2.05, 4.69) is 46.9 Å². The summed E-state index contributed by atoms with van der Waals surface area (Å²) in [6.07, 6.45) is 3.09. The van der Waals surface area contributed by atoms with Gasteiger partial charge in [0, 0.05) is 122 Å². The van der Waals surface area contributed by atoms with Gasteiger partial charge in [-0.25, -0.2) is 65.6 Å². The Morgan fingerprint density at radius 3 is 1.04 bits per heavy atom. The number of hydrogen-bond acceptors (Lipinski definition) is 22. The highest BCUT2D eigenvalue weighted by molar-refractivity contribution is 7.92. The highest BCUT2D eigenvalue weighted by Gasteiger charge is 2.33. The van der Waals surface area contributed by atoms with Crippen molar-refractivity contribution in [1.29, 1.82) is 0 Å². The first-order chi connectivity index (χ1) is 66.1. The average Bonchev–Trinajstić information content (AvgIpc) is 1.65. The van der Waals surface area contributed by atoms with Gasteiger partial charge in [-0.3, -0.25) is 41.7 Å². The van der Waals surface area contributed by atoms with Crippen molar-refractivity contribution in [2.45, 2.75) is 33.5 Å². The summed E-state index contributed by atoms with van der Waals surface area (Å²) in [5, 5.41) is 33.7. The fourth-order valence-electron chi connectivity index (χ4n) is 15.8. The molecule has 0 aliphatic rings. The minimum Gasteiger partial charge on any atom is -0.494 e. The number of rotatable bonds is 22. The molecule has 0 aliphatic carbocycles. The molecule has 6 heterocycles. The number of fused-ring (bicyclic) bond motifs is 6. The molecule has 31 nitrogen and oxygen atoms in total. The molecule has 40 heteroatoms. The van der Waals surface area contributed by atoms with Gasteiger partial charge in [-0.05, 0) is 181 Å². The number of nitrogens with one attached hydrogen (secondary N) is 3. The standard InChI is InChI=1S/C33H27F2N5O6S.2C33H27F2N5O5S/c1-36-32(41)29-24-15-23(26(39(2)47(4,43)44)16-27(24)46-31(29)19-7-11-22(35)12-8-19)20-13-25-30(28(14-20)45-3)37-38-40(33(25)42)17-18-5-9-21(34)10-6-18;1-18-13-27-25(33(42)40(38-37-27)17-19-5-9-21(34)10-6-19)14-23(18)24-15-26-29(16-28(24)39(3)46(4,43)44)45-31(30(26)32(41)36-2)20-7-11-22(35)12-8-20;1-18-5-9-20(10-6-18)31-30(32(41)36-2)25-14-23(28(16-29(25)45-31)39(3)46(4,43)44)22-13-24-27(15-26(22)35)37-38-40(33(24)42)17-19-7-11-21(34)12-8-19/h5-16H,17H2,1-4H3,(H,36,41);2*5-16H,17H2,1-4H3,(H,36,41). The summed E-state index contributed by atoms with van der Waals surface area (Å²) in [5.41, 5.74) is 7.01. The van der Waals surface area contributed by atoms with Gasteiger partial charge in [-0.1, -0.05) is 81.9 Å². The Morgan fingerprint density at radius 1 is 0.367 bits per heavy atom. The molecule has 6 aromatic heterocycles. The van der Waals surface area contributed by atoms with E-state index in [4.69, 9.17) is 18.0 Å². The number of aryl methyl sites for hydroxylation is 2. The number of aromatic nitrogens is 9. The van der Waals surface area contributed by atoms with E-state index in [-0.39, 0.29) is 131 Å². The van der Waals surface area contributed by atoms with Gasteiger partial charge in [-0.15, -0.1) is 15.3 Å². The Bertz CT molecular complexity index is 8280. The lowest BCUT2D eigenvalue weighted by Crippen LogP contribution is -2.26. The number of carbonyl (C=O) groups is 3. The first-order valence-corrected chi connectivity index (χ1v) is 47.7. The zero-order valence-electron chi connectivity index (χ0n) is 75.8. The molecule has 18 rings (SSSR count). The number of amides is 3. The second-order valence-corrected chi connectivity index (χ2v) is 38.5. The number of benzene rings is 12. The molecular formula is C99H81F6N15O16S3. The summed E-state index contributed by atoms with van der Waals surface area (Å²) in [4.78, 5) is 80.6. The molecule has 0 aliphatic heterocycles. The van der Waals surface area contributed by atoms with Crippen LogP contribution in [0.1, 0.15) is 58.9 Å². The maximum atomic E-state index is 15.9. The van der Waals surface area contributed by atoms with Crippen LogP contribution >= 0.6 is 0 Å². The topological polar surface area (TPSA) is 391 Å². The van der Waals surface area contributed by atoms with Crippen molar-refractivity contribution in [1.82, 2.24) is 60.9 Å². The lowest BCUT2D eigenvalue weighted by atomic mass is 9.94. The van der Waals surface area contributed by atoms with Gasteiger partial charge in [0.15, 0.2) is 0 Å². The molecule has 0 radical (unpaired) electrons. The quantitative estimate of drug-likeness (QED) is 0.0530. The fraction of sp³-hybridized carbons (Fsp3) is 0.152. The van der Waals surface area contributed by atoms with Crippen molar-refractivity contribution >= 4 is 130 Å². The van der Waals surface area contributed by atoms with Crippen molar-refractivity contribution in [2.24, 2.45) is 0 Å². The Balaban J connectivity index is 0.000000151. The number of sulfonamides is 3. The lowest BCUT2D eigenvalue weighted by molar-refractivity contribution is 0.0956. The van der Waals surface area contributed by atoms with Gasteiger partial charge < -0.3 is 33.9 Å².